The molecule has 0 aliphatic rings. The number of aromatic amines is 1. The molecule has 16 heavy (non-hydrogen) atoms. The molecule has 0 saturated heterocycles. The van der Waals surface area contributed by atoms with E-state index in [4.69, 9.17) is 0 Å². The van der Waals surface area contributed by atoms with Crippen molar-refractivity contribution in [1.82, 2.24) is 20.8 Å². The Morgan fingerprint density at radius 1 is 1.25 bits per heavy atom. The highest BCUT2D eigenvalue weighted by molar-refractivity contribution is 5.78. The number of nitrogens with zero attached hydrogens (tertiary/aromatic N) is 1. The number of hydrogen-bond donors (Lipinski definition) is 3. The summed E-state index contributed by atoms with van der Waals surface area (Å²) in [4.78, 5) is 0. The molecule has 0 saturated carbocycles. The summed E-state index contributed by atoms with van der Waals surface area (Å²) in [6, 6.07) is 6.38. The first-order valence-corrected chi connectivity index (χ1v) is 5.73. The summed E-state index contributed by atoms with van der Waals surface area (Å²) in [5.41, 5.74) is 2.39. The minimum Gasteiger partial charge on any atom is -0.316 e. The number of hydrogen-bond acceptors (Lipinski definition) is 3. The van der Waals surface area contributed by atoms with Gasteiger partial charge in [-0.05, 0) is 18.2 Å². The fraction of sp³-hybridized carbons (Fsp3) is 0.417. The van der Waals surface area contributed by atoms with Crippen LogP contribution in [0.4, 0.5) is 0 Å². The summed E-state index contributed by atoms with van der Waals surface area (Å²) in [5.74, 6) is 0. The van der Waals surface area contributed by atoms with Crippen LogP contribution in [0.3, 0.4) is 0 Å². The predicted octanol–water partition coefficient (Wildman–Crippen LogP) is 1.26. The number of rotatable bonds is 6. The van der Waals surface area contributed by atoms with Gasteiger partial charge >= 0.3 is 0 Å². The summed E-state index contributed by atoms with van der Waals surface area (Å²) in [5, 5.41) is 14.8. The van der Waals surface area contributed by atoms with Crippen molar-refractivity contribution in [3.63, 3.8) is 0 Å². The average molecular weight is 218 g/mol. The Morgan fingerprint density at radius 2 is 2.12 bits per heavy atom. The van der Waals surface area contributed by atoms with E-state index in [9.17, 15) is 0 Å². The number of likely N-dealkylation sites (N-methyl/N-ethyl adjacent to an activating group) is 1. The number of aromatic nitrogens is 2. The van der Waals surface area contributed by atoms with Gasteiger partial charge in [0.2, 0.25) is 0 Å². The summed E-state index contributed by atoms with van der Waals surface area (Å²) < 4.78 is 0. The van der Waals surface area contributed by atoms with Gasteiger partial charge in [0.15, 0.2) is 0 Å². The molecule has 0 amide bonds. The van der Waals surface area contributed by atoms with Crippen LogP contribution in [0.5, 0.6) is 0 Å². The highest BCUT2D eigenvalue weighted by atomic mass is 15.1. The van der Waals surface area contributed by atoms with E-state index in [2.05, 4.69) is 46.0 Å². The lowest BCUT2D eigenvalue weighted by molar-refractivity contribution is 0.625. The van der Waals surface area contributed by atoms with E-state index in [1.54, 1.807) is 0 Å². The molecule has 0 spiro atoms. The molecule has 0 unspecified atom stereocenters. The first-order valence-electron chi connectivity index (χ1n) is 5.73. The van der Waals surface area contributed by atoms with Gasteiger partial charge in [-0.25, -0.2) is 0 Å². The second kappa shape index (κ2) is 5.63. The highest BCUT2D eigenvalue weighted by Crippen LogP contribution is 2.12. The number of H-pyrrole nitrogens is 1. The molecule has 0 radical (unpaired) electrons. The third-order valence-electron chi connectivity index (χ3n) is 2.56. The van der Waals surface area contributed by atoms with Crippen molar-refractivity contribution in [3.8, 4) is 0 Å². The normalized spacial score (nSPS) is 11.1. The van der Waals surface area contributed by atoms with Gasteiger partial charge < -0.3 is 10.6 Å². The number of nitrogens with one attached hydrogen (secondary N) is 3. The van der Waals surface area contributed by atoms with E-state index in [1.165, 1.54) is 5.56 Å². The molecular weight excluding hydrogens is 200 g/mol. The molecule has 0 aliphatic heterocycles. The maximum absolute atomic E-state index is 4.01. The van der Waals surface area contributed by atoms with E-state index < -0.39 is 0 Å². The molecule has 2 rings (SSSR count). The Morgan fingerprint density at radius 3 is 3.00 bits per heavy atom. The molecule has 1 aromatic carbocycles. The number of fused-ring (bicyclic) bond motifs is 1. The minimum absolute atomic E-state index is 0.903. The minimum atomic E-state index is 0.903. The Labute approximate surface area is 95.4 Å². The molecule has 0 bridgehead atoms. The van der Waals surface area contributed by atoms with Crippen molar-refractivity contribution < 1.29 is 0 Å². The van der Waals surface area contributed by atoms with Crippen molar-refractivity contribution in [2.45, 2.75) is 13.5 Å². The summed E-state index contributed by atoms with van der Waals surface area (Å²) in [6.45, 7) is 6.06. The quantitative estimate of drug-likeness (QED) is 0.640. The highest BCUT2D eigenvalue weighted by Gasteiger charge is 1.97. The van der Waals surface area contributed by atoms with Crippen molar-refractivity contribution >= 4 is 10.9 Å². The van der Waals surface area contributed by atoms with Crippen LogP contribution < -0.4 is 10.6 Å². The monoisotopic (exact) mass is 218 g/mol. The zero-order chi connectivity index (χ0) is 11.2. The van der Waals surface area contributed by atoms with Gasteiger partial charge in [-0.2, -0.15) is 5.10 Å². The predicted molar refractivity (Wildman–Crippen MR) is 66.3 cm³/mol. The SMILES string of the molecule is CCNCCNCc1ccc2cn[nH]c2c1. The lowest BCUT2D eigenvalue weighted by Crippen LogP contribution is -2.26. The van der Waals surface area contributed by atoms with Gasteiger partial charge in [0, 0.05) is 25.0 Å². The average Bonchev–Trinajstić information content (AvgIpc) is 2.76. The zero-order valence-electron chi connectivity index (χ0n) is 9.59. The molecule has 1 aromatic heterocycles. The Hall–Kier alpha value is -1.39. The van der Waals surface area contributed by atoms with Crippen LogP contribution in [0.25, 0.3) is 10.9 Å². The molecule has 4 heteroatoms. The molecule has 2 aromatic rings. The van der Waals surface area contributed by atoms with Gasteiger partial charge in [0.05, 0.1) is 11.7 Å². The third-order valence-corrected chi connectivity index (χ3v) is 2.56. The first-order chi connectivity index (χ1) is 7.90. The molecule has 0 atom stereocenters. The van der Waals surface area contributed by atoms with Gasteiger partial charge in [-0.1, -0.05) is 19.1 Å². The zero-order valence-corrected chi connectivity index (χ0v) is 9.59. The third kappa shape index (κ3) is 2.81. The van der Waals surface area contributed by atoms with E-state index in [-0.39, 0.29) is 0 Å². The van der Waals surface area contributed by atoms with Crippen LogP contribution >= 0.6 is 0 Å². The van der Waals surface area contributed by atoms with Crippen molar-refractivity contribution in [3.05, 3.63) is 30.0 Å². The molecule has 3 N–H and O–H groups in total. The van der Waals surface area contributed by atoms with Crippen LogP contribution in [0.1, 0.15) is 12.5 Å². The van der Waals surface area contributed by atoms with Crippen LogP contribution in [-0.4, -0.2) is 29.8 Å². The Balaban J connectivity index is 1.84. The van der Waals surface area contributed by atoms with Crippen LogP contribution in [0.2, 0.25) is 0 Å². The van der Waals surface area contributed by atoms with Crippen molar-refractivity contribution in [2.24, 2.45) is 0 Å². The lowest BCUT2D eigenvalue weighted by atomic mass is 10.2. The fourth-order valence-electron chi connectivity index (χ4n) is 1.68. The van der Waals surface area contributed by atoms with Gasteiger partial charge in [-0.15, -0.1) is 0 Å². The first kappa shape index (κ1) is 11.1. The van der Waals surface area contributed by atoms with Gasteiger partial charge in [0.1, 0.15) is 0 Å². The lowest BCUT2D eigenvalue weighted by Gasteiger charge is -2.05. The van der Waals surface area contributed by atoms with Crippen LogP contribution in [0, 0.1) is 0 Å². The summed E-state index contributed by atoms with van der Waals surface area (Å²) in [7, 11) is 0. The molecule has 1 heterocycles. The van der Waals surface area contributed by atoms with Gasteiger partial charge in [0.25, 0.3) is 0 Å². The van der Waals surface area contributed by atoms with Crippen molar-refractivity contribution in [1.29, 1.82) is 0 Å². The Kier molecular flexibility index (Phi) is 3.91. The van der Waals surface area contributed by atoms with E-state index in [0.717, 1.165) is 37.1 Å². The molecular formula is C12H18N4. The molecule has 86 valence electrons. The largest absolute Gasteiger partial charge is 0.316 e. The van der Waals surface area contributed by atoms with E-state index in [1.807, 2.05) is 6.20 Å². The molecule has 4 nitrogen and oxygen atoms in total. The summed E-state index contributed by atoms with van der Waals surface area (Å²) >= 11 is 0. The fourth-order valence-corrected chi connectivity index (χ4v) is 1.68. The number of benzene rings is 1. The summed E-state index contributed by atoms with van der Waals surface area (Å²) in [6.07, 6.45) is 1.84. The maximum Gasteiger partial charge on any atom is 0.0653 e. The topological polar surface area (TPSA) is 52.7 Å². The Bertz CT molecular complexity index is 435. The second-order valence-corrected chi connectivity index (χ2v) is 3.82. The van der Waals surface area contributed by atoms with Crippen LogP contribution in [0.15, 0.2) is 24.4 Å². The van der Waals surface area contributed by atoms with Crippen LogP contribution in [-0.2, 0) is 6.54 Å². The second-order valence-electron chi connectivity index (χ2n) is 3.82. The molecule has 0 fully saturated rings. The standard InChI is InChI=1S/C12H18N4/c1-2-13-5-6-14-8-10-3-4-11-9-15-16-12(11)7-10/h3-4,7,9,13-14H,2,5-6,8H2,1H3,(H,15,16). The van der Waals surface area contributed by atoms with Gasteiger partial charge in [-0.3, -0.25) is 5.10 Å². The van der Waals surface area contributed by atoms with Crippen molar-refractivity contribution in [2.75, 3.05) is 19.6 Å². The van der Waals surface area contributed by atoms with E-state index in [0.29, 0.717) is 0 Å². The van der Waals surface area contributed by atoms with E-state index >= 15 is 0 Å². The molecule has 0 aliphatic carbocycles. The smallest absolute Gasteiger partial charge is 0.0653 e. The maximum atomic E-state index is 4.01.